The second kappa shape index (κ2) is 9.57. The molecular formula is C18H17BrFNO4S. The number of halogens is 2. The maximum Gasteiger partial charge on any atom is 0.241 e. The molecule has 0 atom stereocenters. The lowest BCUT2D eigenvalue weighted by Gasteiger charge is -2.07. The van der Waals surface area contributed by atoms with Gasteiger partial charge in [-0.3, -0.25) is 0 Å². The fourth-order valence-electron chi connectivity index (χ4n) is 1.93. The predicted octanol–water partition coefficient (Wildman–Crippen LogP) is 3.35. The van der Waals surface area contributed by atoms with Gasteiger partial charge in [-0.2, -0.15) is 4.72 Å². The molecule has 0 heterocycles. The van der Waals surface area contributed by atoms with E-state index in [1.807, 2.05) is 12.1 Å². The number of ether oxygens (including phenoxy) is 2. The zero-order valence-electron chi connectivity index (χ0n) is 14.0. The van der Waals surface area contributed by atoms with Crippen molar-refractivity contribution < 1.29 is 22.3 Å². The minimum absolute atomic E-state index is 0.0101. The Morgan fingerprint density at radius 1 is 1.15 bits per heavy atom. The van der Waals surface area contributed by atoms with Gasteiger partial charge in [0, 0.05) is 4.47 Å². The summed E-state index contributed by atoms with van der Waals surface area (Å²) >= 11 is 3.33. The first-order valence-electron chi connectivity index (χ1n) is 7.68. The van der Waals surface area contributed by atoms with Crippen LogP contribution in [-0.4, -0.2) is 28.2 Å². The Kier molecular flexibility index (Phi) is 7.45. The minimum Gasteiger partial charge on any atom is -0.491 e. The van der Waals surface area contributed by atoms with Gasteiger partial charge in [0.2, 0.25) is 10.0 Å². The molecule has 0 aliphatic heterocycles. The third-order valence-electron chi connectivity index (χ3n) is 3.10. The van der Waals surface area contributed by atoms with Gasteiger partial charge in [0.25, 0.3) is 0 Å². The van der Waals surface area contributed by atoms with E-state index in [4.69, 9.17) is 9.47 Å². The van der Waals surface area contributed by atoms with Crippen LogP contribution in [0, 0.1) is 17.7 Å². The van der Waals surface area contributed by atoms with Crippen molar-refractivity contribution in [2.75, 3.05) is 19.8 Å². The van der Waals surface area contributed by atoms with Crippen molar-refractivity contribution in [1.82, 2.24) is 4.72 Å². The van der Waals surface area contributed by atoms with Gasteiger partial charge in [-0.15, -0.1) is 0 Å². The average Bonchev–Trinajstić information content (AvgIpc) is 2.60. The molecule has 2 aromatic rings. The van der Waals surface area contributed by atoms with E-state index in [-0.39, 0.29) is 23.8 Å². The van der Waals surface area contributed by atoms with Gasteiger partial charge in [0.1, 0.15) is 12.4 Å². The number of sulfonamides is 1. The standard InChI is InChI=1S/C18H17BrFNO4S/c1-2-24-18-9-8-16(13-17(18)20)26(22,23)21-10-3-4-11-25-15-7-5-6-14(19)12-15/h5-9,12-13,21H,2,10-11H2,1H3. The number of nitrogens with one attached hydrogen (secondary N) is 1. The zero-order valence-corrected chi connectivity index (χ0v) is 16.4. The van der Waals surface area contributed by atoms with Crippen LogP contribution in [0.2, 0.25) is 0 Å². The Labute approximate surface area is 160 Å². The summed E-state index contributed by atoms with van der Waals surface area (Å²) in [5.74, 6) is 5.28. The van der Waals surface area contributed by atoms with Crippen molar-refractivity contribution in [2.24, 2.45) is 0 Å². The summed E-state index contributed by atoms with van der Waals surface area (Å²) in [6.07, 6.45) is 0. The van der Waals surface area contributed by atoms with Crippen molar-refractivity contribution in [2.45, 2.75) is 11.8 Å². The zero-order chi connectivity index (χ0) is 19.0. The van der Waals surface area contributed by atoms with E-state index in [0.29, 0.717) is 12.4 Å². The summed E-state index contributed by atoms with van der Waals surface area (Å²) in [7, 11) is -3.85. The number of benzene rings is 2. The summed E-state index contributed by atoms with van der Waals surface area (Å²) in [5.41, 5.74) is 0. The second-order valence-electron chi connectivity index (χ2n) is 4.95. The molecule has 0 aromatic heterocycles. The Balaban J connectivity index is 1.88. The summed E-state index contributed by atoms with van der Waals surface area (Å²) in [6.45, 7) is 2.01. The van der Waals surface area contributed by atoms with Crippen molar-refractivity contribution in [3.63, 3.8) is 0 Å². The topological polar surface area (TPSA) is 64.6 Å². The third kappa shape index (κ3) is 6.02. The van der Waals surface area contributed by atoms with Crippen LogP contribution in [0.5, 0.6) is 11.5 Å². The Morgan fingerprint density at radius 3 is 2.65 bits per heavy atom. The molecule has 0 aliphatic carbocycles. The summed E-state index contributed by atoms with van der Waals surface area (Å²) in [4.78, 5) is -0.189. The lowest BCUT2D eigenvalue weighted by atomic mass is 10.3. The molecule has 1 N–H and O–H groups in total. The first-order chi connectivity index (χ1) is 12.4. The first-order valence-corrected chi connectivity index (χ1v) is 9.96. The highest BCUT2D eigenvalue weighted by atomic mass is 79.9. The molecule has 8 heteroatoms. The molecule has 0 spiro atoms. The van der Waals surface area contributed by atoms with Gasteiger partial charge >= 0.3 is 0 Å². The van der Waals surface area contributed by atoms with Gasteiger partial charge in [-0.25, -0.2) is 12.8 Å². The number of hydrogen-bond donors (Lipinski definition) is 1. The lowest BCUT2D eigenvalue weighted by molar-refractivity contribution is 0.321. The first kappa shape index (κ1) is 20.2. The van der Waals surface area contributed by atoms with Gasteiger partial charge < -0.3 is 9.47 Å². The second-order valence-corrected chi connectivity index (χ2v) is 7.63. The van der Waals surface area contributed by atoms with Crippen LogP contribution in [0.3, 0.4) is 0 Å². The number of rotatable bonds is 7. The summed E-state index contributed by atoms with van der Waals surface area (Å²) in [6, 6.07) is 10.8. The molecular weight excluding hydrogens is 425 g/mol. The summed E-state index contributed by atoms with van der Waals surface area (Å²) < 4.78 is 51.7. The molecule has 138 valence electrons. The molecule has 0 radical (unpaired) electrons. The number of hydrogen-bond acceptors (Lipinski definition) is 4. The van der Waals surface area contributed by atoms with E-state index < -0.39 is 15.8 Å². The molecule has 0 saturated carbocycles. The largest absolute Gasteiger partial charge is 0.491 e. The molecule has 0 fully saturated rings. The molecule has 2 rings (SSSR count). The molecule has 0 saturated heterocycles. The maximum atomic E-state index is 13.8. The van der Waals surface area contributed by atoms with Crippen LogP contribution >= 0.6 is 15.9 Å². The highest BCUT2D eigenvalue weighted by Crippen LogP contribution is 2.21. The van der Waals surface area contributed by atoms with Crippen LogP contribution in [0.25, 0.3) is 0 Å². The Morgan fingerprint density at radius 2 is 1.96 bits per heavy atom. The monoisotopic (exact) mass is 441 g/mol. The fraction of sp³-hybridized carbons (Fsp3) is 0.222. The van der Waals surface area contributed by atoms with Crippen LogP contribution in [0.1, 0.15) is 6.92 Å². The molecule has 5 nitrogen and oxygen atoms in total. The predicted molar refractivity (Wildman–Crippen MR) is 100 cm³/mol. The quantitative estimate of drug-likeness (QED) is 0.669. The van der Waals surface area contributed by atoms with Crippen LogP contribution in [-0.2, 0) is 10.0 Å². The smallest absolute Gasteiger partial charge is 0.241 e. The van der Waals surface area contributed by atoms with Gasteiger partial charge in [-0.1, -0.05) is 33.8 Å². The SMILES string of the molecule is CCOc1ccc(S(=O)(=O)NCC#CCOc2cccc(Br)c2)cc1F. The highest BCUT2D eigenvalue weighted by molar-refractivity contribution is 9.10. The van der Waals surface area contributed by atoms with E-state index in [9.17, 15) is 12.8 Å². The van der Waals surface area contributed by atoms with Crippen molar-refractivity contribution in [3.05, 3.63) is 52.8 Å². The molecule has 2 aromatic carbocycles. The minimum atomic E-state index is -3.85. The summed E-state index contributed by atoms with van der Waals surface area (Å²) in [5, 5.41) is 0. The van der Waals surface area contributed by atoms with Gasteiger partial charge in [-0.05, 0) is 43.3 Å². The molecule has 0 bridgehead atoms. The van der Waals surface area contributed by atoms with Gasteiger partial charge in [0.05, 0.1) is 18.0 Å². The van der Waals surface area contributed by atoms with Crippen LogP contribution in [0.15, 0.2) is 51.8 Å². The van der Waals surface area contributed by atoms with E-state index in [1.165, 1.54) is 12.1 Å². The van der Waals surface area contributed by atoms with Gasteiger partial charge in [0.15, 0.2) is 11.6 Å². The molecule has 26 heavy (non-hydrogen) atoms. The fourth-order valence-corrected chi connectivity index (χ4v) is 3.24. The van der Waals surface area contributed by atoms with E-state index in [1.54, 1.807) is 19.1 Å². The van der Waals surface area contributed by atoms with E-state index in [0.717, 1.165) is 10.5 Å². The average molecular weight is 442 g/mol. The highest BCUT2D eigenvalue weighted by Gasteiger charge is 2.15. The third-order valence-corrected chi connectivity index (χ3v) is 4.99. The normalized spacial score (nSPS) is 10.7. The lowest BCUT2D eigenvalue weighted by Crippen LogP contribution is -2.24. The molecule has 0 unspecified atom stereocenters. The molecule has 0 aliphatic rings. The van der Waals surface area contributed by atoms with E-state index >= 15 is 0 Å². The molecule has 0 amide bonds. The van der Waals surface area contributed by atoms with E-state index in [2.05, 4.69) is 32.5 Å². The maximum absolute atomic E-state index is 13.8. The Hall–Kier alpha value is -2.08. The van der Waals surface area contributed by atoms with Crippen LogP contribution < -0.4 is 14.2 Å². The Bertz CT molecular complexity index is 922. The van der Waals surface area contributed by atoms with Crippen molar-refractivity contribution in [3.8, 4) is 23.3 Å². The van der Waals surface area contributed by atoms with Crippen molar-refractivity contribution in [1.29, 1.82) is 0 Å². The van der Waals surface area contributed by atoms with Crippen molar-refractivity contribution >= 4 is 26.0 Å². The van der Waals surface area contributed by atoms with Crippen LogP contribution in [0.4, 0.5) is 4.39 Å².